The van der Waals surface area contributed by atoms with Crippen molar-refractivity contribution in [2.24, 2.45) is 0 Å². The molecule has 45 heavy (non-hydrogen) atoms. The fraction of sp³-hybridized carbons (Fsp3) is 0.968. The van der Waals surface area contributed by atoms with Gasteiger partial charge in [-0.15, -0.1) is 0 Å². The van der Waals surface area contributed by atoms with Crippen LogP contribution >= 0.6 is 0 Å². The first-order valence-electron chi connectivity index (χ1n) is 16.6. The molecule has 266 valence electrons. The molecule has 11 atom stereocenters. The van der Waals surface area contributed by atoms with Crippen molar-refractivity contribution in [2.75, 3.05) is 33.0 Å². The fourth-order valence-electron chi connectivity index (χ4n) is 5.22. The van der Waals surface area contributed by atoms with Crippen LogP contribution in [0.25, 0.3) is 0 Å². The van der Waals surface area contributed by atoms with E-state index in [0.29, 0.717) is 13.0 Å². The highest BCUT2D eigenvalue weighted by Crippen LogP contribution is 2.26. The summed E-state index contributed by atoms with van der Waals surface area (Å²) in [6.45, 7) is 3.46. The molecule has 0 bridgehead atoms. The molecule has 0 radical (unpaired) electrons. The molecule has 14 heteroatoms. The van der Waals surface area contributed by atoms with Gasteiger partial charge in [0.25, 0.3) is 0 Å². The zero-order valence-corrected chi connectivity index (χ0v) is 26.9. The molecule has 0 aliphatic carbocycles. The van der Waals surface area contributed by atoms with E-state index in [2.05, 4.69) is 13.8 Å². The summed E-state index contributed by atoms with van der Waals surface area (Å²) in [7, 11) is 0. The lowest BCUT2D eigenvalue weighted by Gasteiger charge is -2.42. The van der Waals surface area contributed by atoms with Gasteiger partial charge in [0, 0.05) is 13.0 Å². The number of aliphatic hydroxyl groups excluding tert-OH is 7. The summed E-state index contributed by atoms with van der Waals surface area (Å²) in [6.07, 6.45) is -4.27. The van der Waals surface area contributed by atoms with Crippen LogP contribution in [-0.4, -0.2) is 142 Å². The zero-order chi connectivity index (χ0) is 33.2. The number of carbonyl (C=O) groups is 1. The number of unbranched alkanes of at least 4 members (excludes halogenated alkanes) is 9. The standard InChI is InChI=1S/C31H58O14/c1-3-5-7-9-10-11-13-15-40-17-20(43-23(33)14-12-8-6-4-2)18-41-30-29(39)27(37)25(35)22(45-30)19-42-31-28(38)26(36)24(34)21(16-32)44-31/h20-22,24-32,34-39H,3-19H2,1-2H3. The summed E-state index contributed by atoms with van der Waals surface area (Å²) < 4.78 is 33.5. The lowest BCUT2D eigenvalue weighted by atomic mass is 9.98. The van der Waals surface area contributed by atoms with Crippen LogP contribution in [0.1, 0.15) is 90.9 Å². The molecule has 2 heterocycles. The van der Waals surface area contributed by atoms with Crippen LogP contribution in [-0.2, 0) is 33.2 Å². The van der Waals surface area contributed by atoms with Gasteiger partial charge in [0.05, 0.1) is 26.4 Å². The van der Waals surface area contributed by atoms with Gasteiger partial charge in [-0.25, -0.2) is 0 Å². The number of hydrogen-bond acceptors (Lipinski definition) is 14. The van der Waals surface area contributed by atoms with Crippen molar-refractivity contribution in [1.82, 2.24) is 0 Å². The Bertz CT molecular complexity index is 773. The highest BCUT2D eigenvalue weighted by Gasteiger charge is 2.47. The van der Waals surface area contributed by atoms with Crippen molar-refractivity contribution >= 4 is 5.97 Å². The summed E-state index contributed by atoms with van der Waals surface area (Å²) in [6, 6.07) is 0. The van der Waals surface area contributed by atoms with Gasteiger partial charge in [0.1, 0.15) is 54.9 Å². The van der Waals surface area contributed by atoms with E-state index in [4.69, 9.17) is 28.4 Å². The average molecular weight is 655 g/mol. The largest absolute Gasteiger partial charge is 0.457 e. The summed E-state index contributed by atoms with van der Waals surface area (Å²) in [4.78, 5) is 12.5. The third-order valence-electron chi connectivity index (χ3n) is 8.12. The molecule has 0 saturated carbocycles. The lowest BCUT2D eigenvalue weighted by Crippen LogP contribution is -2.61. The number of carbonyl (C=O) groups excluding carboxylic acids is 1. The number of rotatable bonds is 23. The minimum atomic E-state index is -1.69. The second-order valence-corrected chi connectivity index (χ2v) is 12.0. The highest BCUT2D eigenvalue weighted by molar-refractivity contribution is 5.69. The van der Waals surface area contributed by atoms with E-state index in [1.54, 1.807) is 0 Å². The van der Waals surface area contributed by atoms with E-state index in [0.717, 1.165) is 38.5 Å². The van der Waals surface area contributed by atoms with E-state index in [-0.39, 0.29) is 19.6 Å². The molecular weight excluding hydrogens is 596 g/mol. The summed E-state index contributed by atoms with van der Waals surface area (Å²) in [5.41, 5.74) is 0. The first kappa shape index (κ1) is 40.2. The second kappa shape index (κ2) is 22.5. The molecule has 2 fully saturated rings. The van der Waals surface area contributed by atoms with Crippen molar-refractivity contribution < 1.29 is 69.0 Å². The maximum atomic E-state index is 12.5. The Morgan fingerprint density at radius 2 is 1.18 bits per heavy atom. The molecule has 2 aliphatic rings. The number of hydrogen-bond donors (Lipinski definition) is 7. The topological polar surface area (TPSA) is 214 Å². The predicted molar refractivity (Wildman–Crippen MR) is 160 cm³/mol. The number of aliphatic hydroxyl groups is 7. The van der Waals surface area contributed by atoms with Gasteiger partial charge in [-0.3, -0.25) is 4.79 Å². The fourth-order valence-corrected chi connectivity index (χ4v) is 5.22. The molecule has 2 saturated heterocycles. The van der Waals surface area contributed by atoms with Gasteiger partial charge in [0.2, 0.25) is 0 Å². The molecule has 0 spiro atoms. The number of ether oxygens (including phenoxy) is 6. The summed E-state index contributed by atoms with van der Waals surface area (Å²) >= 11 is 0. The van der Waals surface area contributed by atoms with Crippen LogP contribution in [0.2, 0.25) is 0 Å². The highest BCUT2D eigenvalue weighted by atomic mass is 16.7. The Morgan fingerprint density at radius 1 is 0.644 bits per heavy atom. The van der Waals surface area contributed by atoms with Gasteiger partial charge in [-0.05, 0) is 12.8 Å². The number of esters is 1. The Balaban J connectivity index is 1.91. The minimum absolute atomic E-state index is 0.0637. The summed E-state index contributed by atoms with van der Waals surface area (Å²) in [5, 5.41) is 71.0. The molecular formula is C31H58O14. The maximum absolute atomic E-state index is 12.5. The van der Waals surface area contributed by atoms with Crippen LogP contribution in [0.4, 0.5) is 0 Å². The molecule has 2 aliphatic heterocycles. The lowest BCUT2D eigenvalue weighted by molar-refractivity contribution is -0.332. The van der Waals surface area contributed by atoms with Crippen LogP contribution in [0.5, 0.6) is 0 Å². The van der Waals surface area contributed by atoms with E-state index in [1.165, 1.54) is 25.7 Å². The summed E-state index contributed by atoms with van der Waals surface area (Å²) in [5.74, 6) is -0.398. The third kappa shape index (κ3) is 13.9. The average Bonchev–Trinajstić information content (AvgIpc) is 3.03. The molecule has 0 amide bonds. The van der Waals surface area contributed by atoms with E-state index in [1.807, 2.05) is 0 Å². The van der Waals surface area contributed by atoms with Gasteiger partial charge < -0.3 is 64.2 Å². The predicted octanol–water partition coefficient (Wildman–Crippen LogP) is 0.277. The smallest absolute Gasteiger partial charge is 0.306 e. The zero-order valence-electron chi connectivity index (χ0n) is 26.9. The molecule has 0 aromatic heterocycles. The first-order chi connectivity index (χ1) is 21.6. The monoisotopic (exact) mass is 654 g/mol. The van der Waals surface area contributed by atoms with Crippen LogP contribution in [0, 0.1) is 0 Å². The molecule has 7 N–H and O–H groups in total. The van der Waals surface area contributed by atoms with Crippen LogP contribution < -0.4 is 0 Å². The van der Waals surface area contributed by atoms with E-state index >= 15 is 0 Å². The molecule has 0 aromatic carbocycles. The Hall–Kier alpha value is -1.01. The second-order valence-electron chi connectivity index (χ2n) is 12.0. The SMILES string of the molecule is CCCCCCCCCOCC(COC1OC(COC2OC(CO)C(O)C(O)C2O)C(O)C(O)C1O)OC(=O)CCCCCC. The van der Waals surface area contributed by atoms with Crippen molar-refractivity contribution in [3.05, 3.63) is 0 Å². The quantitative estimate of drug-likeness (QED) is 0.0582. The van der Waals surface area contributed by atoms with Crippen LogP contribution in [0.3, 0.4) is 0 Å². The maximum Gasteiger partial charge on any atom is 0.306 e. The van der Waals surface area contributed by atoms with Crippen LogP contribution in [0.15, 0.2) is 0 Å². The Morgan fingerprint density at radius 3 is 1.80 bits per heavy atom. The Labute approximate surface area is 266 Å². The van der Waals surface area contributed by atoms with Crippen molar-refractivity contribution in [2.45, 2.75) is 158 Å². The van der Waals surface area contributed by atoms with Gasteiger partial charge in [0.15, 0.2) is 12.6 Å². The molecule has 2 rings (SSSR count). The molecule has 0 aromatic rings. The Kier molecular flexibility index (Phi) is 20.1. The third-order valence-corrected chi connectivity index (χ3v) is 8.12. The molecule has 11 unspecified atom stereocenters. The van der Waals surface area contributed by atoms with Crippen molar-refractivity contribution in [3.8, 4) is 0 Å². The van der Waals surface area contributed by atoms with Gasteiger partial charge in [-0.2, -0.15) is 0 Å². The van der Waals surface area contributed by atoms with Gasteiger partial charge >= 0.3 is 5.97 Å². The normalized spacial score (nSPS) is 32.8. The van der Waals surface area contributed by atoms with E-state index < -0.39 is 86.7 Å². The van der Waals surface area contributed by atoms with E-state index in [9.17, 15) is 40.5 Å². The van der Waals surface area contributed by atoms with Crippen molar-refractivity contribution in [3.63, 3.8) is 0 Å². The van der Waals surface area contributed by atoms with Gasteiger partial charge in [-0.1, -0.05) is 71.6 Å². The molecule has 14 nitrogen and oxygen atoms in total. The first-order valence-corrected chi connectivity index (χ1v) is 16.6. The minimum Gasteiger partial charge on any atom is -0.457 e. The van der Waals surface area contributed by atoms with Crippen molar-refractivity contribution in [1.29, 1.82) is 0 Å².